The molecule has 2 fully saturated rings. The third-order valence-corrected chi connectivity index (χ3v) is 5.98. The van der Waals surface area contributed by atoms with E-state index in [1.807, 2.05) is 6.92 Å². The molecule has 0 atom stereocenters. The molecule has 2 aliphatic heterocycles. The van der Waals surface area contributed by atoms with Gasteiger partial charge in [-0.1, -0.05) is 11.6 Å². The molecule has 0 saturated carbocycles. The average molecular weight is 439 g/mol. The van der Waals surface area contributed by atoms with Gasteiger partial charge in [0.05, 0.1) is 23.6 Å². The summed E-state index contributed by atoms with van der Waals surface area (Å²) >= 11 is 7.12. The molecule has 0 unspecified atom stereocenters. The van der Waals surface area contributed by atoms with Crippen molar-refractivity contribution in [1.29, 1.82) is 0 Å². The third-order valence-electron chi connectivity index (χ3n) is 4.75. The van der Waals surface area contributed by atoms with Gasteiger partial charge in [-0.2, -0.15) is 0 Å². The Labute approximate surface area is 178 Å². The van der Waals surface area contributed by atoms with Crippen molar-refractivity contribution in [3.63, 3.8) is 0 Å². The van der Waals surface area contributed by atoms with Crippen LogP contribution < -0.4 is 9.47 Å². The lowest BCUT2D eigenvalue weighted by Gasteiger charge is -2.27. The van der Waals surface area contributed by atoms with Crippen LogP contribution in [0.3, 0.4) is 0 Å². The molecule has 7 nitrogen and oxygen atoms in total. The van der Waals surface area contributed by atoms with Gasteiger partial charge < -0.3 is 14.4 Å². The highest BCUT2D eigenvalue weighted by Crippen LogP contribution is 2.37. The van der Waals surface area contributed by atoms with E-state index in [-0.39, 0.29) is 17.4 Å². The Morgan fingerprint density at radius 1 is 1.21 bits per heavy atom. The number of piperidine rings is 1. The zero-order valence-corrected chi connectivity index (χ0v) is 18.0. The van der Waals surface area contributed by atoms with E-state index < -0.39 is 11.1 Å². The van der Waals surface area contributed by atoms with E-state index in [1.54, 1.807) is 17.0 Å². The van der Waals surface area contributed by atoms with E-state index in [0.29, 0.717) is 41.8 Å². The van der Waals surface area contributed by atoms with Crippen molar-refractivity contribution in [3.05, 3.63) is 27.6 Å². The Morgan fingerprint density at radius 2 is 1.93 bits per heavy atom. The lowest BCUT2D eigenvalue weighted by molar-refractivity contribution is -0.136. The van der Waals surface area contributed by atoms with Crippen LogP contribution >= 0.6 is 23.4 Å². The first kappa shape index (κ1) is 21.5. The molecule has 3 rings (SSSR count). The monoisotopic (exact) mass is 438 g/mol. The number of thioether (sulfide) groups is 1. The number of rotatable bonds is 6. The van der Waals surface area contributed by atoms with Crippen LogP contribution in [0.15, 0.2) is 17.0 Å². The molecular formula is C20H23ClN2O5S. The standard InChI is InChI=1S/C20H23ClN2O5S/c1-3-28-16-11-14(21)13(9-15(16)27-2)10-17-19(25)23(20(26)29-17)12-18(24)22-7-5-4-6-8-22/h9-11H,3-8,12H2,1-2H3/b17-10-. The minimum Gasteiger partial charge on any atom is -0.493 e. The molecule has 156 valence electrons. The van der Waals surface area contributed by atoms with Crippen molar-refractivity contribution < 1.29 is 23.9 Å². The van der Waals surface area contributed by atoms with E-state index in [4.69, 9.17) is 21.1 Å². The van der Waals surface area contributed by atoms with Gasteiger partial charge in [-0.15, -0.1) is 0 Å². The van der Waals surface area contributed by atoms with Crippen LogP contribution in [-0.4, -0.2) is 60.2 Å². The molecule has 29 heavy (non-hydrogen) atoms. The predicted molar refractivity (Wildman–Crippen MR) is 112 cm³/mol. The van der Waals surface area contributed by atoms with Crippen LogP contribution in [0.5, 0.6) is 11.5 Å². The Morgan fingerprint density at radius 3 is 2.59 bits per heavy atom. The second-order valence-corrected chi connectivity index (χ2v) is 8.07. The van der Waals surface area contributed by atoms with E-state index in [0.717, 1.165) is 35.9 Å². The summed E-state index contributed by atoms with van der Waals surface area (Å²) in [5.74, 6) is 0.280. The van der Waals surface area contributed by atoms with Crippen molar-refractivity contribution in [2.24, 2.45) is 0 Å². The summed E-state index contributed by atoms with van der Waals surface area (Å²) < 4.78 is 10.8. The number of ether oxygens (including phenoxy) is 2. The second-order valence-electron chi connectivity index (χ2n) is 6.67. The number of benzene rings is 1. The Balaban J connectivity index is 1.78. The number of imide groups is 1. The van der Waals surface area contributed by atoms with Crippen LogP contribution in [0.1, 0.15) is 31.7 Å². The van der Waals surface area contributed by atoms with Gasteiger partial charge in [0.15, 0.2) is 11.5 Å². The molecule has 0 N–H and O–H groups in total. The molecule has 2 heterocycles. The number of nitrogens with zero attached hydrogens (tertiary/aromatic N) is 2. The fraction of sp³-hybridized carbons (Fsp3) is 0.450. The highest BCUT2D eigenvalue weighted by molar-refractivity contribution is 8.18. The number of hydrogen-bond donors (Lipinski definition) is 0. The lowest BCUT2D eigenvalue weighted by atomic mass is 10.1. The third kappa shape index (κ3) is 4.87. The minimum atomic E-state index is -0.491. The van der Waals surface area contributed by atoms with Crippen LogP contribution in [0, 0.1) is 0 Å². The number of likely N-dealkylation sites (tertiary alicyclic amines) is 1. The highest BCUT2D eigenvalue weighted by Gasteiger charge is 2.37. The first-order valence-corrected chi connectivity index (χ1v) is 10.7. The molecule has 1 aromatic carbocycles. The SMILES string of the molecule is CCOc1cc(Cl)c(/C=C2\SC(=O)N(CC(=O)N3CCCCC3)C2=O)cc1OC. The lowest BCUT2D eigenvalue weighted by Crippen LogP contribution is -2.44. The molecule has 0 spiro atoms. The van der Waals surface area contributed by atoms with Crippen LogP contribution in [0.2, 0.25) is 5.02 Å². The quantitative estimate of drug-likeness (QED) is 0.629. The van der Waals surface area contributed by atoms with Gasteiger partial charge in [0.2, 0.25) is 5.91 Å². The van der Waals surface area contributed by atoms with E-state index >= 15 is 0 Å². The summed E-state index contributed by atoms with van der Waals surface area (Å²) in [6.45, 7) is 3.42. The van der Waals surface area contributed by atoms with Crippen molar-refractivity contribution in [2.75, 3.05) is 33.4 Å². The molecule has 0 radical (unpaired) electrons. The van der Waals surface area contributed by atoms with Gasteiger partial charge in [0.1, 0.15) is 6.54 Å². The number of carbonyl (C=O) groups is 3. The second kappa shape index (κ2) is 9.54. The summed E-state index contributed by atoms with van der Waals surface area (Å²) in [6, 6.07) is 3.26. The Bertz CT molecular complexity index is 852. The largest absolute Gasteiger partial charge is 0.493 e. The molecule has 3 amide bonds. The average Bonchev–Trinajstić information content (AvgIpc) is 2.98. The maximum atomic E-state index is 12.7. The molecule has 0 bridgehead atoms. The van der Waals surface area contributed by atoms with Crippen molar-refractivity contribution in [1.82, 2.24) is 9.80 Å². The Hall–Kier alpha value is -2.19. The summed E-state index contributed by atoms with van der Waals surface area (Å²) in [5, 5.41) is -0.0916. The molecule has 9 heteroatoms. The molecule has 2 saturated heterocycles. The van der Waals surface area contributed by atoms with Gasteiger partial charge in [-0.3, -0.25) is 19.3 Å². The van der Waals surface area contributed by atoms with Gasteiger partial charge >= 0.3 is 0 Å². The predicted octanol–water partition coefficient (Wildman–Crippen LogP) is 3.80. The zero-order chi connectivity index (χ0) is 21.0. The maximum absolute atomic E-state index is 12.7. The van der Waals surface area contributed by atoms with E-state index in [2.05, 4.69) is 0 Å². The van der Waals surface area contributed by atoms with Crippen LogP contribution in [-0.2, 0) is 9.59 Å². The first-order valence-electron chi connectivity index (χ1n) is 9.48. The fourth-order valence-corrected chi connectivity index (χ4v) is 4.28. The zero-order valence-electron chi connectivity index (χ0n) is 16.4. The fourth-order valence-electron chi connectivity index (χ4n) is 3.25. The smallest absolute Gasteiger partial charge is 0.294 e. The first-order chi connectivity index (χ1) is 13.9. The summed E-state index contributed by atoms with van der Waals surface area (Å²) in [7, 11) is 1.51. The summed E-state index contributed by atoms with van der Waals surface area (Å²) in [5.41, 5.74) is 0.528. The van der Waals surface area contributed by atoms with Crippen LogP contribution in [0.25, 0.3) is 6.08 Å². The molecule has 2 aliphatic rings. The Kier molecular flexibility index (Phi) is 7.08. The van der Waals surface area contributed by atoms with E-state index in [1.165, 1.54) is 13.2 Å². The van der Waals surface area contributed by atoms with Gasteiger partial charge in [-0.05, 0) is 55.7 Å². The van der Waals surface area contributed by atoms with Crippen molar-refractivity contribution in [3.8, 4) is 11.5 Å². The number of hydrogen-bond acceptors (Lipinski definition) is 6. The molecular weight excluding hydrogens is 416 g/mol. The highest BCUT2D eigenvalue weighted by atomic mass is 35.5. The minimum absolute atomic E-state index is 0.200. The number of methoxy groups -OCH3 is 1. The van der Waals surface area contributed by atoms with Crippen molar-refractivity contribution >= 4 is 46.5 Å². The summed E-state index contributed by atoms with van der Waals surface area (Å²) in [4.78, 5) is 40.4. The van der Waals surface area contributed by atoms with Gasteiger partial charge in [0.25, 0.3) is 11.1 Å². The molecule has 0 aliphatic carbocycles. The van der Waals surface area contributed by atoms with Crippen LogP contribution in [0.4, 0.5) is 4.79 Å². The maximum Gasteiger partial charge on any atom is 0.294 e. The van der Waals surface area contributed by atoms with Crippen molar-refractivity contribution in [2.45, 2.75) is 26.2 Å². The normalized spacial score (nSPS) is 18.5. The molecule has 1 aromatic rings. The van der Waals surface area contributed by atoms with Gasteiger partial charge in [-0.25, -0.2) is 0 Å². The number of halogens is 1. The topological polar surface area (TPSA) is 76.2 Å². The number of carbonyl (C=O) groups excluding carboxylic acids is 3. The summed E-state index contributed by atoms with van der Waals surface area (Å²) in [6.07, 6.45) is 4.54. The number of amides is 3. The van der Waals surface area contributed by atoms with Gasteiger partial charge in [0, 0.05) is 19.2 Å². The van der Waals surface area contributed by atoms with E-state index in [9.17, 15) is 14.4 Å². The molecule has 0 aromatic heterocycles.